The molecule has 5 atom stereocenters. The van der Waals surface area contributed by atoms with E-state index in [1.807, 2.05) is 60.7 Å². The lowest BCUT2D eigenvalue weighted by atomic mass is 9.92. The Morgan fingerprint density at radius 1 is 1.00 bits per heavy atom. The zero-order chi connectivity index (χ0) is 30.3. The van der Waals surface area contributed by atoms with E-state index < -0.39 is 46.1 Å². The number of nitrogens with one attached hydrogen (secondary N) is 1. The quantitative estimate of drug-likeness (QED) is 0.370. The molecule has 0 spiro atoms. The van der Waals surface area contributed by atoms with E-state index in [4.69, 9.17) is 9.47 Å². The molecular weight excluding hydrogens is 558 g/mol. The van der Waals surface area contributed by atoms with E-state index in [2.05, 4.69) is 5.32 Å². The molecule has 2 fully saturated rings. The normalized spacial score (nSPS) is 22.2. The van der Waals surface area contributed by atoms with E-state index in [9.17, 15) is 22.8 Å². The van der Waals surface area contributed by atoms with E-state index in [0.29, 0.717) is 32.2 Å². The fraction of sp³-hybridized carbons (Fsp3) is 0.516. The van der Waals surface area contributed by atoms with Gasteiger partial charge in [-0.05, 0) is 56.6 Å². The van der Waals surface area contributed by atoms with Crippen LogP contribution in [0.25, 0.3) is 0 Å². The summed E-state index contributed by atoms with van der Waals surface area (Å²) in [5.41, 5.74) is 1.88. The molecule has 2 aliphatic heterocycles. The summed E-state index contributed by atoms with van der Waals surface area (Å²) >= 11 is 0. The Morgan fingerprint density at radius 2 is 1.64 bits per heavy atom. The van der Waals surface area contributed by atoms with Gasteiger partial charge in [0.05, 0.1) is 18.9 Å². The molecule has 42 heavy (non-hydrogen) atoms. The van der Waals surface area contributed by atoms with Crippen LogP contribution in [0.1, 0.15) is 44.2 Å². The maximum absolute atomic E-state index is 14.1. The fourth-order valence-electron chi connectivity index (χ4n) is 5.89. The second-order valence-electron chi connectivity index (χ2n) is 11.0. The molecule has 0 saturated carbocycles. The fourth-order valence-corrected chi connectivity index (χ4v) is 6.75. The van der Waals surface area contributed by atoms with Crippen LogP contribution in [-0.2, 0) is 46.9 Å². The summed E-state index contributed by atoms with van der Waals surface area (Å²) in [6, 6.07) is 16.1. The highest BCUT2D eigenvalue weighted by Crippen LogP contribution is 2.37. The standard InChI is InChI=1S/C31H41N3O7S/c1-4-40-30(36)26(16-15-23-11-7-5-8-12-23)32-22(2)29(35)34-27(31(37)41-21-24-13-9-6-10-14-24)19-25-17-18-33(20-28(25)34)42(3,38)39/h5-14,22,25-28,32H,4,15-21H2,1-3H3/t22-,25-,26-,27+,28+/m1/s1. The molecule has 2 aromatic carbocycles. The van der Waals surface area contributed by atoms with E-state index >= 15 is 0 Å². The van der Waals surface area contributed by atoms with Gasteiger partial charge in [-0.25, -0.2) is 17.5 Å². The van der Waals surface area contributed by atoms with Crippen molar-refractivity contribution >= 4 is 27.9 Å². The first-order valence-electron chi connectivity index (χ1n) is 14.5. The van der Waals surface area contributed by atoms with Gasteiger partial charge in [0.1, 0.15) is 18.7 Å². The molecule has 2 saturated heterocycles. The number of aryl methyl sites for hydroxylation is 1. The van der Waals surface area contributed by atoms with E-state index in [1.165, 1.54) is 9.21 Å². The Hall–Kier alpha value is -3.28. The largest absolute Gasteiger partial charge is 0.465 e. The highest BCUT2D eigenvalue weighted by atomic mass is 32.2. The van der Waals surface area contributed by atoms with Crippen LogP contribution in [0, 0.1) is 5.92 Å². The molecule has 4 rings (SSSR count). The molecule has 1 amide bonds. The lowest BCUT2D eigenvalue weighted by Gasteiger charge is -2.39. The zero-order valence-electron chi connectivity index (χ0n) is 24.5. The molecule has 1 N–H and O–H groups in total. The number of sulfonamides is 1. The number of fused-ring (bicyclic) bond motifs is 1. The Labute approximate surface area is 248 Å². The van der Waals surface area contributed by atoms with E-state index in [0.717, 1.165) is 17.4 Å². The number of amides is 1. The highest BCUT2D eigenvalue weighted by molar-refractivity contribution is 7.88. The van der Waals surface area contributed by atoms with Gasteiger partial charge in [0.25, 0.3) is 0 Å². The van der Waals surface area contributed by atoms with Crippen molar-refractivity contribution in [2.75, 3.05) is 26.0 Å². The Kier molecular flexibility index (Phi) is 10.7. The van der Waals surface area contributed by atoms with Crippen molar-refractivity contribution in [2.24, 2.45) is 5.92 Å². The number of carbonyl (C=O) groups is 3. The topological polar surface area (TPSA) is 122 Å². The van der Waals surface area contributed by atoms with E-state index in [1.54, 1.807) is 13.8 Å². The number of hydrogen-bond acceptors (Lipinski definition) is 8. The first-order valence-corrected chi connectivity index (χ1v) is 16.4. The number of esters is 2. The van der Waals surface area contributed by atoms with Crippen molar-refractivity contribution in [2.45, 2.75) is 70.3 Å². The van der Waals surface area contributed by atoms with Crippen molar-refractivity contribution in [3.8, 4) is 0 Å². The number of nitrogens with zero attached hydrogens (tertiary/aromatic N) is 2. The van der Waals surface area contributed by atoms with Crippen molar-refractivity contribution in [1.29, 1.82) is 0 Å². The van der Waals surface area contributed by atoms with Crippen molar-refractivity contribution in [1.82, 2.24) is 14.5 Å². The van der Waals surface area contributed by atoms with Gasteiger partial charge in [-0.3, -0.25) is 14.9 Å². The first-order chi connectivity index (χ1) is 20.1. The Bertz CT molecular complexity index is 1320. The van der Waals surface area contributed by atoms with Crippen LogP contribution >= 0.6 is 0 Å². The summed E-state index contributed by atoms with van der Waals surface area (Å²) in [6.07, 6.45) is 3.10. The third-order valence-electron chi connectivity index (χ3n) is 8.08. The predicted molar refractivity (Wildman–Crippen MR) is 158 cm³/mol. The molecule has 0 unspecified atom stereocenters. The third-order valence-corrected chi connectivity index (χ3v) is 9.35. The molecule has 0 bridgehead atoms. The molecule has 0 aromatic heterocycles. The van der Waals surface area contributed by atoms with Crippen LogP contribution in [0.4, 0.5) is 0 Å². The SMILES string of the molecule is CCOC(=O)[C@@H](CCc1ccccc1)N[C@H](C)C(=O)N1[C@H](C(=O)OCc2ccccc2)C[C@H]2CCN(S(C)(=O)=O)C[C@@H]21. The van der Waals surface area contributed by atoms with Gasteiger partial charge in [0, 0.05) is 19.1 Å². The van der Waals surface area contributed by atoms with Gasteiger partial charge in [-0.15, -0.1) is 0 Å². The molecule has 10 nitrogen and oxygen atoms in total. The minimum atomic E-state index is -3.49. The van der Waals surface area contributed by atoms with Gasteiger partial charge in [0.15, 0.2) is 0 Å². The first kappa shape index (κ1) is 31.7. The van der Waals surface area contributed by atoms with Crippen LogP contribution < -0.4 is 5.32 Å². The smallest absolute Gasteiger partial charge is 0.329 e. The summed E-state index contributed by atoms with van der Waals surface area (Å²) < 4.78 is 37.1. The molecule has 11 heteroatoms. The zero-order valence-corrected chi connectivity index (χ0v) is 25.3. The number of rotatable bonds is 12. The number of hydrogen-bond donors (Lipinski definition) is 1. The van der Waals surface area contributed by atoms with Crippen molar-refractivity contribution in [3.05, 3.63) is 71.8 Å². The summed E-state index contributed by atoms with van der Waals surface area (Å²) in [5, 5.41) is 3.15. The van der Waals surface area contributed by atoms with Crippen LogP contribution in [0.3, 0.4) is 0 Å². The van der Waals surface area contributed by atoms with Crippen LogP contribution in [0.15, 0.2) is 60.7 Å². The lowest BCUT2D eigenvalue weighted by Crippen LogP contribution is -2.58. The van der Waals surface area contributed by atoms with E-state index in [-0.39, 0.29) is 31.6 Å². The second kappa shape index (κ2) is 14.3. The highest BCUT2D eigenvalue weighted by Gasteiger charge is 2.51. The van der Waals surface area contributed by atoms with Crippen LogP contribution in [0.5, 0.6) is 0 Å². The number of piperidine rings is 1. The lowest BCUT2D eigenvalue weighted by molar-refractivity contribution is -0.157. The Balaban J connectivity index is 1.53. The number of ether oxygens (including phenoxy) is 2. The second-order valence-corrected chi connectivity index (χ2v) is 13.0. The number of likely N-dealkylation sites (tertiary alicyclic amines) is 1. The third kappa shape index (κ3) is 7.96. The minimum absolute atomic E-state index is 0.0487. The van der Waals surface area contributed by atoms with Crippen LogP contribution in [0.2, 0.25) is 0 Å². The maximum atomic E-state index is 14.1. The van der Waals surface area contributed by atoms with Crippen molar-refractivity contribution < 1.29 is 32.3 Å². The number of carbonyl (C=O) groups excluding carboxylic acids is 3. The van der Waals surface area contributed by atoms with Crippen LogP contribution in [-0.4, -0.2) is 85.6 Å². The summed E-state index contributed by atoms with van der Waals surface area (Å²) in [4.78, 5) is 41.8. The van der Waals surface area contributed by atoms with Crippen molar-refractivity contribution in [3.63, 3.8) is 0 Å². The summed E-state index contributed by atoms with van der Waals surface area (Å²) in [5.74, 6) is -1.40. The molecule has 2 aromatic rings. The maximum Gasteiger partial charge on any atom is 0.329 e. The van der Waals surface area contributed by atoms with Gasteiger partial charge >= 0.3 is 11.9 Å². The summed E-state index contributed by atoms with van der Waals surface area (Å²) in [7, 11) is -3.49. The Morgan fingerprint density at radius 3 is 2.26 bits per heavy atom. The molecule has 2 heterocycles. The molecule has 2 aliphatic rings. The average molecular weight is 600 g/mol. The summed E-state index contributed by atoms with van der Waals surface area (Å²) in [6.45, 7) is 4.12. The van der Waals surface area contributed by atoms with Gasteiger partial charge in [-0.1, -0.05) is 60.7 Å². The van der Waals surface area contributed by atoms with Gasteiger partial charge < -0.3 is 14.4 Å². The average Bonchev–Trinajstić information content (AvgIpc) is 3.37. The van der Waals surface area contributed by atoms with Gasteiger partial charge in [-0.2, -0.15) is 0 Å². The molecule has 228 valence electrons. The molecule has 0 aliphatic carbocycles. The minimum Gasteiger partial charge on any atom is -0.465 e. The monoisotopic (exact) mass is 599 g/mol. The molecule has 0 radical (unpaired) electrons. The molecular formula is C31H41N3O7S. The predicted octanol–water partition coefficient (Wildman–Crippen LogP) is 2.52. The van der Waals surface area contributed by atoms with Gasteiger partial charge in [0.2, 0.25) is 15.9 Å². The number of benzene rings is 2.